The smallest absolute Gasteiger partial charge is 0.338 e. The highest BCUT2D eigenvalue weighted by Crippen LogP contribution is 2.37. The van der Waals surface area contributed by atoms with Crippen molar-refractivity contribution in [2.75, 3.05) is 20.8 Å². The second kappa shape index (κ2) is 11.0. The number of fused-ring (bicyclic) bond motifs is 1. The molecule has 4 rings (SSSR count). The number of hydrogen-bond acceptors (Lipinski definition) is 12. The third-order valence-corrected chi connectivity index (χ3v) is 7.02. The second-order valence-corrected chi connectivity index (χ2v) is 9.34. The van der Waals surface area contributed by atoms with Crippen molar-refractivity contribution in [3.63, 3.8) is 0 Å². The number of benzene rings is 2. The molecule has 0 amide bonds. The maximum atomic E-state index is 13.8. The number of carbonyl (C=O) groups excluding carboxylic acids is 1. The maximum absolute atomic E-state index is 13.8. The van der Waals surface area contributed by atoms with Gasteiger partial charge in [0.1, 0.15) is 0 Å². The Balaban J connectivity index is 2.02. The number of aromatic hydroxyl groups is 1. The SMILES string of the molecule is CCOC(=O)C1=C(C)N=c2s/c(=C\c3cc([N+](=O)[O-])cc([N+](=O)[O-])c3O)c(=O)n2C1c1ccc(OC)c(OC)c1. The van der Waals surface area contributed by atoms with E-state index in [4.69, 9.17) is 14.2 Å². The number of carbonyl (C=O) groups is 1. The third kappa shape index (κ3) is 4.89. The van der Waals surface area contributed by atoms with Gasteiger partial charge in [-0.15, -0.1) is 0 Å². The molecule has 40 heavy (non-hydrogen) atoms. The minimum absolute atomic E-state index is 0.0489. The molecular weight excluding hydrogens is 548 g/mol. The lowest BCUT2D eigenvalue weighted by Crippen LogP contribution is -2.40. The number of thiazole rings is 1. The first-order valence-electron chi connectivity index (χ1n) is 11.6. The van der Waals surface area contributed by atoms with Gasteiger partial charge in [0.25, 0.3) is 11.2 Å². The van der Waals surface area contributed by atoms with E-state index in [0.29, 0.717) is 28.8 Å². The van der Waals surface area contributed by atoms with Crippen LogP contribution < -0.4 is 24.4 Å². The number of non-ortho nitro benzene ring substituents is 1. The quantitative estimate of drug-likeness (QED) is 0.239. The van der Waals surface area contributed by atoms with Crippen LogP contribution in [0.4, 0.5) is 11.4 Å². The molecule has 2 heterocycles. The molecule has 0 radical (unpaired) electrons. The van der Waals surface area contributed by atoms with E-state index in [1.54, 1.807) is 32.0 Å². The van der Waals surface area contributed by atoms with Crippen molar-refractivity contribution in [1.29, 1.82) is 0 Å². The van der Waals surface area contributed by atoms with Gasteiger partial charge in [0.15, 0.2) is 16.3 Å². The maximum Gasteiger partial charge on any atom is 0.338 e. The Hall–Kier alpha value is -5.05. The molecule has 0 fully saturated rings. The van der Waals surface area contributed by atoms with E-state index in [2.05, 4.69) is 4.99 Å². The number of hydrogen-bond donors (Lipinski definition) is 1. The van der Waals surface area contributed by atoms with Crippen molar-refractivity contribution >= 4 is 34.8 Å². The molecule has 2 aromatic carbocycles. The molecule has 1 unspecified atom stereocenters. The number of aromatic nitrogens is 1. The van der Waals surface area contributed by atoms with Crippen molar-refractivity contribution in [2.24, 2.45) is 4.99 Å². The van der Waals surface area contributed by atoms with Crippen LogP contribution in [0.15, 0.2) is 51.4 Å². The summed E-state index contributed by atoms with van der Waals surface area (Å²) in [5.41, 5.74) is -1.65. The first kappa shape index (κ1) is 28.0. The number of esters is 1. The zero-order valence-corrected chi connectivity index (χ0v) is 22.4. The molecule has 1 atom stereocenters. The number of allylic oxidation sites excluding steroid dienone is 1. The predicted octanol–water partition coefficient (Wildman–Crippen LogP) is 2.34. The Morgan fingerprint density at radius 2 is 1.85 bits per heavy atom. The first-order valence-corrected chi connectivity index (χ1v) is 12.4. The van der Waals surface area contributed by atoms with E-state index in [0.717, 1.165) is 23.5 Å². The number of phenolic OH excluding ortho intramolecular Hbond substituents is 1. The molecule has 0 spiro atoms. The largest absolute Gasteiger partial charge is 0.502 e. The van der Waals surface area contributed by atoms with Gasteiger partial charge in [-0.3, -0.25) is 29.6 Å². The van der Waals surface area contributed by atoms with Crippen LogP contribution in [-0.2, 0) is 9.53 Å². The molecule has 1 aliphatic heterocycles. The fraction of sp³-hybridized carbons (Fsp3) is 0.240. The van der Waals surface area contributed by atoms with Crippen LogP contribution in [0.5, 0.6) is 17.2 Å². The van der Waals surface area contributed by atoms with Crippen molar-refractivity contribution in [3.05, 3.63) is 92.6 Å². The van der Waals surface area contributed by atoms with E-state index in [-0.39, 0.29) is 27.1 Å². The number of nitro benzene ring substituents is 2. The number of nitrogens with zero attached hydrogens (tertiary/aromatic N) is 4. The second-order valence-electron chi connectivity index (χ2n) is 8.33. The molecule has 0 saturated carbocycles. The zero-order chi connectivity index (χ0) is 29.3. The normalized spacial score (nSPS) is 14.8. The van der Waals surface area contributed by atoms with Crippen molar-refractivity contribution in [2.45, 2.75) is 19.9 Å². The van der Waals surface area contributed by atoms with Gasteiger partial charge >= 0.3 is 11.7 Å². The van der Waals surface area contributed by atoms with Crippen LogP contribution in [0.1, 0.15) is 31.0 Å². The van der Waals surface area contributed by atoms with Crippen molar-refractivity contribution in [3.8, 4) is 17.2 Å². The Kier molecular flexibility index (Phi) is 7.68. The van der Waals surface area contributed by atoms with Crippen LogP contribution in [0, 0.1) is 20.2 Å². The molecular formula is C25H22N4O10S. The van der Waals surface area contributed by atoms with Gasteiger partial charge in [-0.2, -0.15) is 0 Å². The molecule has 0 bridgehead atoms. The Bertz CT molecular complexity index is 1770. The summed E-state index contributed by atoms with van der Waals surface area (Å²) >= 11 is 0.876. The van der Waals surface area contributed by atoms with E-state index >= 15 is 0 Å². The number of nitro groups is 2. The lowest BCUT2D eigenvalue weighted by Gasteiger charge is -2.25. The topological polar surface area (TPSA) is 186 Å². The summed E-state index contributed by atoms with van der Waals surface area (Å²) in [5.74, 6) is -0.778. The number of methoxy groups -OCH3 is 2. The summed E-state index contributed by atoms with van der Waals surface area (Å²) in [6.07, 6.45) is 1.11. The van der Waals surface area contributed by atoms with E-state index in [1.807, 2.05) is 0 Å². The van der Waals surface area contributed by atoms with E-state index in [1.165, 1.54) is 18.8 Å². The van der Waals surface area contributed by atoms with E-state index in [9.17, 15) is 34.9 Å². The average Bonchev–Trinajstić information content (AvgIpc) is 3.22. The fourth-order valence-corrected chi connectivity index (χ4v) is 5.29. The van der Waals surface area contributed by atoms with E-state index < -0.39 is 44.5 Å². The molecule has 208 valence electrons. The average molecular weight is 571 g/mol. The van der Waals surface area contributed by atoms with Gasteiger partial charge in [-0.1, -0.05) is 17.4 Å². The summed E-state index contributed by atoms with van der Waals surface area (Å²) < 4.78 is 17.2. The van der Waals surface area contributed by atoms with Gasteiger partial charge in [-0.25, -0.2) is 9.79 Å². The van der Waals surface area contributed by atoms with Crippen LogP contribution >= 0.6 is 11.3 Å². The van der Waals surface area contributed by atoms with Crippen LogP contribution in [-0.4, -0.2) is 46.3 Å². The molecule has 3 aromatic rings. The summed E-state index contributed by atoms with van der Waals surface area (Å²) in [4.78, 5) is 52.3. The van der Waals surface area contributed by atoms with Crippen LogP contribution in [0.2, 0.25) is 0 Å². The summed E-state index contributed by atoms with van der Waals surface area (Å²) in [6, 6.07) is 5.40. The standard InChI is InChI=1S/C25H22N4O10S/c1-5-39-24(32)20-12(2)26-25-27(21(20)13-6-7-17(37-3)18(9-13)38-4)23(31)19(40-25)10-14-8-15(28(33)34)11-16(22(14)30)29(35)36/h6-11,21,30H,5H2,1-4H3/b19-10-. The molecule has 1 aromatic heterocycles. The highest BCUT2D eigenvalue weighted by atomic mass is 32.1. The molecule has 1 aliphatic rings. The molecule has 0 saturated heterocycles. The van der Waals surface area contributed by atoms with Gasteiger partial charge < -0.3 is 19.3 Å². The first-order chi connectivity index (χ1) is 19.0. The fourth-order valence-electron chi connectivity index (χ4n) is 4.25. The third-order valence-electron chi connectivity index (χ3n) is 6.04. The minimum atomic E-state index is -1.01. The van der Waals surface area contributed by atoms with Gasteiger partial charge in [0, 0.05) is 11.6 Å². The number of ether oxygens (including phenoxy) is 3. The summed E-state index contributed by atoms with van der Waals surface area (Å²) in [7, 11) is 2.90. The number of phenols is 1. The predicted molar refractivity (Wildman–Crippen MR) is 141 cm³/mol. The Morgan fingerprint density at radius 1 is 1.15 bits per heavy atom. The summed E-state index contributed by atoms with van der Waals surface area (Å²) in [6.45, 7) is 3.30. The highest BCUT2D eigenvalue weighted by molar-refractivity contribution is 7.07. The van der Waals surface area contributed by atoms with Gasteiger partial charge in [0.05, 0.1) is 58.6 Å². The molecule has 15 heteroatoms. The molecule has 14 nitrogen and oxygen atoms in total. The van der Waals surface area contributed by atoms with Gasteiger partial charge in [0.2, 0.25) is 5.75 Å². The Morgan fingerprint density at radius 3 is 2.45 bits per heavy atom. The highest BCUT2D eigenvalue weighted by Gasteiger charge is 2.34. The van der Waals surface area contributed by atoms with Crippen molar-refractivity contribution in [1.82, 2.24) is 4.57 Å². The lowest BCUT2D eigenvalue weighted by molar-refractivity contribution is -0.394. The van der Waals surface area contributed by atoms with Crippen LogP contribution in [0.25, 0.3) is 6.08 Å². The zero-order valence-electron chi connectivity index (χ0n) is 21.6. The van der Waals surface area contributed by atoms with Crippen molar-refractivity contribution < 1.29 is 34.0 Å². The number of rotatable bonds is 8. The monoisotopic (exact) mass is 570 g/mol. The minimum Gasteiger partial charge on any atom is -0.502 e. The lowest BCUT2D eigenvalue weighted by atomic mass is 9.95. The summed E-state index contributed by atoms with van der Waals surface area (Å²) in [5, 5.41) is 33.2. The Labute approximate surface area is 229 Å². The van der Waals surface area contributed by atoms with Crippen LogP contribution in [0.3, 0.4) is 0 Å². The van der Waals surface area contributed by atoms with Gasteiger partial charge in [-0.05, 0) is 37.6 Å². The molecule has 1 N–H and O–H groups in total. The molecule has 0 aliphatic carbocycles.